The van der Waals surface area contributed by atoms with Crippen molar-refractivity contribution in [3.05, 3.63) is 35.7 Å². The van der Waals surface area contributed by atoms with Crippen molar-refractivity contribution >= 4 is 31.8 Å². The third kappa shape index (κ3) is 5.40. The Morgan fingerprint density at radius 2 is 1.53 bits per heavy atom. The standard InChI is InChI=1S/C6H6O3S.C2H2N2O3S2/c7-10(8,9)6-4-2-1-3-5-6;5-9(6,7)2-1-8-4-3-2/h1-5H,(H,7,8,9);1H,(H,5,6,7). The van der Waals surface area contributed by atoms with Gasteiger partial charge in [0, 0.05) is 0 Å². The maximum Gasteiger partial charge on any atom is 0.314 e. The lowest BCUT2D eigenvalue weighted by molar-refractivity contribution is 0.478. The average Bonchev–Trinajstić information content (AvgIpc) is 2.83. The lowest BCUT2D eigenvalue weighted by Crippen LogP contribution is -1.97. The van der Waals surface area contributed by atoms with E-state index in [2.05, 4.69) is 9.59 Å². The lowest BCUT2D eigenvalue weighted by Gasteiger charge is -1.92. The predicted molar refractivity (Wildman–Crippen MR) is 66.0 cm³/mol. The molecule has 0 aliphatic heterocycles. The molecule has 0 amide bonds. The summed E-state index contributed by atoms with van der Waals surface area (Å²) in [7, 11) is -8.13. The maximum absolute atomic E-state index is 10.4. The molecule has 0 unspecified atom stereocenters. The van der Waals surface area contributed by atoms with Crippen molar-refractivity contribution in [2.24, 2.45) is 0 Å². The molecule has 0 saturated carbocycles. The zero-order valence-electron chi connectivity index (χ0n) is 9.11. The van der Waals surface area contributed by atoms with Gasteiger partial charge in [0.15, 0.2) is 0 Å². The van der Waals surface area contributed by atoms with Crippen molar-refractivity contribution in [1.29, 1.82) is 0 Å². The summed E-state index contributed by atoms with van der Waals surface area (Å²) in [6.07, 6.45) is 0. The first kappa shape index (κ1) is 15.7. The normalized spacial score (nSPS) is 11.5. The first-order valence-corrected chi connectivity index (χ1v) is 8.20. The van der Waals surface area contributed by atoms with Crippen LogP contribution in [0.2, 0.25) is 0 Å². The Hall–Kier alpha value is -1.40. The summed E-state index contributed by atoms with van der Waals surface area (Å²) < 4.78 is 61.0. The van der Waals surface area contributed by atoms with Gasteiger partial charge < -0.3 is 0 Å². The number of nitrogens with zero attached hydrogens (tertiary/aromatic N) is 2. The minimum absolute atomic E-state index is 0.0741. The molecule has 0 radical (unpaired) electrons. The van der Waals surface area contributed by atoms with Crippen LogP contribution in [0.25, 0.3) is 0 Å². The quantitative estimate of drug-likeness (QED) is 0.771. The zero-order valence-corrected chi connectivity index (χ0v) is 11.6. The van der Waals surface area contributed by atoms with Gasteiger partial charge in [0.25, 0.3) is 10.1 Å². The Labute approximate surface area is 113 Å². The highest BCUT2D eigenvalue weighted by Gasteiger charge is 2.11. The zero-order chi connectivity index (χ0) is 14.5. The van der Waals surface area contributed by atoms with Crippen LogP contribution in [0.3, 0.4) is 0 Å². The van der Waals surface area contributed by atoms with E-state index in [1.54, 1.807) is 18.2 Å². The van der Waals surface area contributed by atoms with E-state index in [9.17, 15) is 16.8 Å². The van der Waals surface area contributed by atoms with Gasteiger partial charge in [-0.2, -0.15) is 16.8 Å². The second kappa shape index (κ2) is 6.16. The van der Waals surface area contributed by atoms with Gasteiger partial charge in [0.05, 0.1) is 10.3 Å². The fraction of sp³-hybridized carbons (Fsp3) is 0. The summed E-state index contributed by atoms with van der Waals surface area (Å²) in [5, 5.41) is 3.87. The van der Waals surface area contributed by atoms with Gasteiger partial charge in [0.1, 0.15) is 0 Å². The Morgan fingerprint density at radius 3 is 1.79 bits per heavy atom. The Bertz CT molecular complexity index is 709. The van der Waals surface area contributed by atoms with Crippen molar-refractivity contribution < 1.29 is 25.9 Å². The van der Waals surface area contributed by atoms with Crippen LogP contribution in [0, 0.1) is 0 Å². The van der Waals surface area contributed by atoms with Crippen LogP contribution >= 0.6 is 11.5 Å². The molecule has 1 aromatic carbocycles. The number of rotatable bonds is 2. The molecule has 1 aromatic heterocycles. The molecule has 2 aromatic rings. The molecule has 19 heavy (non-hydrogen) atoms. The fourth-order valence-electron chi connectivity index (χ4n) is 0.861. The summed E-state index contributed by atoms with van der Waals surface area (Å²) in [6, 6.07) is 7.42. The van der Waals surface area contributed by atoms with Crippen molar-refractivity contribution in [3.8, 4) is 0 Å². The molecular weight excluding hydrogens is 316 g/mol. The Morgan fingerprint density at radius 1 is 0.947 bits per heavy atom. The molecular formula is C8H8N2O6S3. The van der Waals surface area contributed by atoms with Gasteiger partial charge in [-0.25, -0.2) is 0 Å². The highest BCUT2D eigenvalue weighted by molar-refractivity contribution is 7.86. The van der Waals surface area contributed by atoms with Crippen molar-refractivity contribution in [3.63, 3.8) is 0 Å². The van der Waals surface area contributed by atoms with E-state index in [1.165, 1.54) is 12.1 Å². The van der Waals surface area contributed by atoms with E-state index >= 15 is 0 Å². The lowest BCUT2D eigenvalue weighted by atomic mass is 10.4. The molecule has 0 saturated heterocycles. The van der Waals surface area contributed by atoms with Crippen molar-refractivity contribution in [1.82, 2.24) is 9.59 Å². The highest BCUT2D eigenvalue weighted by Crippen LogP contribution is 2.05. The predicted octanol–water partition coefficient (Wildman–Crippen LogP) is 0.718. The molecule has 0 fully saturated rings. The van der Waals surface area contributed by atoms with E-state index in [1.807, 2.05) is 0 Å². The van der Waals surface area contributed by atoms with Gasteiger partial charge in [0.2, 0.25) is 5.03 Å². The van der Waals surface area contributed by atoms with Gasteiger partial charge in [-0.1, -0.05) is 22.7 Å². The average molecular weight is 324 g/mol. The van der Waals surface area contributed by atoms with Crippen LogP contribution in [0.1, 0.15) is 0 Å². The van der Waals surface area contributed by atoms with Crippen LogP contribution in [0.4, 0.5) is 0 Å². The molecule has 0 spiro atoms. The third-order valence-corrected chi connectivity index (χ3v) is 3.90. The molecule has 11 heteroatoms. The molecule has 0 aliphatic carbocycles. The van der Waals surface area contributed by atoms with Crippen LogP contribution in [0.15, 0.2) is 45.6 Å². The number of aromatic nitrogens is 2. The van der Waals surface area contributed by atoms with Crippen molar-refractivity contribution in [2.45, 2.75) is 9.92 Å². The summed E-state index contributed by atoms with van der Waals surface area (Å²) in [6.45, 7) is 0. The van der Waals surface area contributed by atoms with Crippen LogP contribution in [-0.2, 0) is 20.2 Å². The second-order valence-corrected chi connectivity index (χ2v) is 6.41. The Balaban J connectivity index is 0.000000191. The highest BCUT2D eigenvalue weighted by atomic mass is 32.2. The molecule has 1 heterocycles. The number of benzene rings is 1. The molecule has 2 N–H and O–H groups in total. The monoisotopic (exact) mass is 324 g/mol. The van der Waals surface area contributed by atoms with Crippen LogP contribution in [0.5, 0.6) is 0 Å². The van der Waals surface area contributed by atoms with Crippen LogP contribution in [-0.4, -0.2) is 35.5 Å². The molecule has 104 valence electrons. The number of hydrogen-bond acceptors (Lipinski definition) is 7. The maximum atomic E-state index is 10.4. The summed E-state index contributed by atoms with van der Waals surface area (Å²) in [4.78, 5) is -0.0741. The van der Waals surface area contributed by atoms with E-state index < -0.39 is 25.3 Å². The Kier molecular flexibility index (Phi) is 5.08. The summed E-state index contributed by atoms with van der Waals surface area (Å²) in [5.74, 6) is 0. The smallest absolute Gasteiger partial charge is 0.282 e. The first-order chi connectivity index (χ1) is 8.71. The minimum Gasteiger partial charge on any atom is -0.282 e. The summed E-state index contributed by atoms with van der Waals surface area (Å²) in [5.41, 5.74) is 0. The van der Waals surface area contributed by atoms with Crippen LogP contribution < -0.4 is 0 Å². The molecule has 0 aliphatic rings. The van der Waals surface area contributed by atoms with E-state index in [0.29, 0.717) is 0 Å². The minimum atomic E-state index is -4.12. The molecule has 0 atom stereocenters. The van der Waals surface area contributed by atoms with E-state index in [-0.39, 0.29) is 4.90 Å². The van der Waals surface area contributed by atoms with Crippen molar-refractivity contribution in [2.75, 3.05) is 0 Å². The van der Waals surface area contributed by atoms with E-state index in [4.69, 9.17) is 9.11 Å². The second-order valence-electron chi connectivity index (χ2n) is 3.01. The summed E-state index contributed by atoms with van der Waals surface area (Å²) >= 11 is 0.866. The van der Waals surface area contributed by atoms with E-state index in [0.717, 1.165) is 16.9 Å². The van der Waals surface area contributed by atoms with Gasteiger partial charge in [-0.3, -0.25) is 9.11 Å². The first-order valence-electron chi connectivity index (χ1n) is 4.48. The topological polar surface area (TPSA) is 135 Å². The third-order valence-electron chi connectivity index (χ3n) is 1.65. The molecule has 2 rings (SSSR count). The van der Waals surface area contributed by atoms with Gasteiger partial charge >= 0.3 is 10.1 Å². The van der Waals surface area contributed by atoms with Gasteiger partial charge in [-0.05, 0) is 23.7 Å². The largest absolute Gasteiger partial charge is 0.314 e. The SMILES string of the molecule is O=S(=O)(O)c1ccccc1.O=S(=O)(O)c1csnn1. The fourth-order valence-corrected chi connectivity index (χ4v) is 2.49. The molecule has 0 bridgehead atoms. The molecule has 8 nitrogen and oxygen atoms in total. The van der Waals surface area contributed by atoms with Gasteiger partial charge in [-0.15, -0.1) is 5.10 Å². The number of hydrogen-bond donors (Lipinski definition) is 2.